The first-order valence-electron chi connectivity index (χ1n) is 14.8. The Labute approximate surface area is 219 Å². The van der Waals surface area contributed by atoms with Gasteiger partial charge in [0.15, 0.2) is 11.6 Å². The standard InChI is InChI=1S/C33H48F2O/c1-3-5-7-8-9-10-11-13-25-36-29-21-19-28(20-22-29)31-24-23-30(32(34)33(31)35)27-17-15-26(16-18-27)14-12-6-4-2/h19-24,26-27H,3-18,25H2,1-2H3. The van der Waals surface area contributed by atoms with Crippen LogP contribution in [0.15, 0.2) is 36.4 Å². The summed E-state index contributed by atoms with van der Waals surface area (Å²) in [6, 6.07) is 11.0. The van der Waals surface area contributed by atoms with Crippen LogP contribution in [0.25, 0.3) is 11.1 Å². The summed E-state index contributed by atoms with van der Waals surface area (Å²) in [5.74, 6) is 0.316. The summed E-state index contributed by atoms with van der Waals surface area (Å²) in [5, 5.41) is 0. The topological polar surface area (TPSA) is 9.23 Å². The predicted octanol–water partition coefficient (Wildman–Crippen LogP) is 11.0. The molecule has 36 heavy (non-hydrogen) atoms. The molecule has 200 valence electrons. The SMILES string of the molecule is CCCCCCCCCCOc1ccc(-c2ccc(C3CCC(CCCCC)CC3)c(F)c2F)cc1. The molecule has 1 nitrogen and oxygen atoms in total. The van der Waals surface area contributed by atoms with Crippen molar-refractivity contribution in [1.82, 2.24) is 0 Å². The van der Waals surface area contributed by atoms with Crippen molar-refractivity contribution < 1.29 is 13.5 Å². The molecule has 0 radical (unpaired) electrons. The Balaban J connectivity index is 1.46. The molecule has 0 N–H and O–H groups in total. The normalized spacial score (nSPS) is 17.9. The third kappa shape index (κ3) is 8.89. The average molecular weight is 499 g/mol. The molecule has 0 atom stereocenters. The molecule has 1 aliphatic carbocycles. The van der Waals surface area contributed by atoms with Gasteiger partial charge in [-0.2, -0.15) is 0 Å². The molecule has 2 aromatic rings. The highest BCUT2D eigenvalue weighted by molar-refractivity contribution is 5.65. The molecule has 2 aromatic carbocycles. The van der Waals surface area contributed by atoms with Gasteiger partial charge < -0.3 is 4.74 Å². The summed E-state index contributed by atoms with van der Waals surface area (Å²) in [6.07, 6.45) is 19.5. The zero-order chi connectivity index (χ0) is 25.6. The molecule has 3 rings (SSSR count). The van der Waals surface area contributed by atoms with Crippen LogP contribution in [0.1, 0.15) is 128 Å². The van der Waals surface area contributed by atoms with Crippen molar-refractivity contribution in [3.63, 3.8) is 0 Å². The van der Waals surface area contributed by atoms with Gasteiger partial charge in [-0.15, -0.1) is 0 Å². The minimum absolute atomic E-state index is 0.142. The van der Waals surface area contributed by atoms with Gasteiger partial charge in [0.25, 0.3) is 0 Å². The van der Waals surface area contributed by atoms with Crippen LogP contribution in [0.3, 0.4) is 0 Å². The van der Waals surface area contributed by atoms with E-state index in [1.807, 2.05) is 30.3 Å². The summed E-state index contributed by atoms with van der Waals surface area (Å²) in [5.41, 5.74) is 1.59. The monoisotopic (exact) mass is 498 g/mol. The van der Waals surface area contributed by atoms with E-state index in [-0.39, 0.29) is 5.92 Å². The zero-order valence-electron chi connectivity index (χ0n) is 22.8. The van der Waals surface area contributed by atoms with Gasteiger partial charge in [0, 0.05) is 5.56 Å². The first-order valence-corrected chi connectivity index (χ1v) is 14.8. The van der Waals surface area contributed by atoms with Crippen LogP contribution in [0.4, 0.5) is 8.78 Å². The van der Waals surface area contributed by atoms with Gasteiger partial charge in [0.2, 0.25) is 0 Å². The molecule has 0 saturated heterocycles. The maximum Gasteiger partial charge on any atom is 0.166 e. The molecular formula is C33H48F2O. The third-order valence-electron chi connectivity index (χ3n) is 8.05. The molecule has 1 aliphatic rings. The van der Waals surface area contributed by atoms with Gasteiger partial charge in [-0.25, -0.2) is 8.78 Å². The largest absolute Gasteiger partial charge is 0.494 e. The lowest BCUT2D eigenvalue weighted by Crippen LogP contribution is -2.15. The number of rotatable bonds is 16. The Hall–Kier alpha value is -1.90. The fourth-order valence-electron chi connectivity index (χ4n) is 5.70. The van der Waals surface area contributed by atoms with E-state index in [9.17, 15) is 0 Å². The van der Waals surface area contributed by atoms with E-state index in [2.05, 4.69) is 13.8 Å². The highest BCUT2D eigenvalue weighted by Gasteiger charge is 2.26. The number of benzene rings is 2. The van der Waals surface area contributed by atoms with Crippen LogP contribution in [-0.4, -0.2) is 6.61 Å². The van der Waals surface area contributed by atoms with E-state index in [1.54, 1.807) is 6.07 Å². The lowest BCUT2D eigenvalue weighted by atomic mass is 9.76. The van der Waals surface area contributed by atoms with E-state index in [1.165, 1.54) is 70.6 Å². The summed E-state index contributed by atoms with van der Waals surface area (Å²) >= 11 is 0. The van der Waals surface area contributed by atoms with Crippen molar-refractivity contribution in [1.29, 1.82) is 0 Å². The minimum Gasteiger partial charge on any atom is -0.494 e. The van der Waals surface area contributed by atoms with Crippen molar-refractivity contribution in [2.75, 3.05) is 6.61 Å². The van der Waals surface area contributed by atoms with Gasteiger partial charge in [0.05, 0.1) is 6.61 Å². The average Bonchev–Trinajstić information content (AvgIpc) is 2.90. The highest BCUT2D eigenvalue weighted by Crippen LogP contribution is 2.40. The van der Waals surface area contributed by atoms with Crippen LogP contribution >= 0.6 is 0 Å². The minimum atomic E-state index is -0.717. The molecule has 3 heteroatoms. The smallest absolute Gasteiger partial charge is 0.166 e. The number of hydrogen-bond acceptors (Lipinski definition) is 1. The summed E-state index contributed by atoms with van der Waals surface area (Å²) in [7, 11) is 0. The third-order valence-corrected chi connectivity index (χ3v) is 8.05. The van der Waals surface area contributed by atoms with Crippen molar-refractivity contribution in [2.24, 2.45) is 5.92 Å². The molecule has 0 bridgehead atoms. The van der Waals surface area contributed by atoms with Crippen molar-refractivity contribution >= 4 is 0 Å². The van der Waals surface area contributed by atoms with Crippen LogP contribution in [-0.2, 0) is 0 Å². The summed E-state index contributed by atoms with van der Waals surface area (Å²) < 4.78 is 36.1. The molecule has 0 unspecified atom stereocenters. The molecule has 0 spiro atoms. The van der Waals surface area contributed by atoms with Crippen LogP contribution in [0.2, 0.25) is 0 Å². The predicted molar refractivity (Wildman–Crippen MR) is 149 cm³/mol. The molecule has 0 heterocycles. The second kappa shape index (κ2) is 16.0. The maximum absolute atomic E-state index is 15.1. The Morgan fingerprint density at radius 3 is 1.94 bits per heavy atom. The fraction of sp³-hybridized carbons (Fsp3) is 0.636. The Morgan fingerprint density at radius 1 is 0.667 bits per heavy atom. The lowest BCUT2D eigenvalue weighted by Gasteiger charge is -2.29. The first-order chi connectivity index (χ1) is 17.6. The summed E-state index contributed by atoms with van der Waals surface area (Å²) in [4.78, 5) is 0. The maximum atomic E-state index is 15.1. The van der Waals surface area contributed by atoms with E-state index in [4.69, 9.17) is 4.74 Å². The first kappa shape index (κ1) is 28.7. The lowest BCUT2D eigenvalue weighted by molar-refractivity contribution is 0.298. The molecule has 0 amide bonds. The van der Waals surface area contributed by atoms with E-state index in [0.717, 1.165) is 43.8 Å². The van der Waals surface area contributed by atoms with Gasteiger partial charge in [-0.1, -0.05) is 109 Å². The molecule has 0 aliphatic heterocycles. The van der Waals surface area contributed by atoms with Gasteiger partial charge in [-0.3, -0.25) is 0 Å². The van der Waals surface area contributed by atoms with Crippen LogP contribution < -0.4 is 4.74 Å². The second-order valence-corrected chi connectivity index (χ2v) is 10.9. The van der Waals surface area contributed by atoms with Gasteiger partial charge in [-0.05, 0) is 67.2 Å². The zero-order valence-corrected chi connectivity index (χ0v) is 22.8. The number of ether oxygens (including phenoxy) is 1. The highest BCUT2D eigenvalue weighted by atomic mass is 19.2. The van der Waals surface area contributed by atoms with Crippen LogP contribution in [0, 0.1) is 17.6 Å². The van der Waals surface area contributed by atoms with E-state index < -0.39 is 11.6 Å². The van der Waals surface area contributed by atoms with Crippen molar-refractivity contribution in [3.05, 3.63) is 53.6 Å². The Morgan fingerprint density at radius 2 is 1.28 bits per heavy atom. The number of halogens is 2. The molecular weight excluding hydrogens is 450 g/mol. The van der Waals surface area contributed by atoms with E-state index >= 15 is 8.78 Å². The van der Waals surface area contributed by atoms with Gasteiger partial charge >= 0.3 is 0 Å². The Kier molecular flexibility index (Phi) is 12.8. The van der Waals surface area contributed by atoms with Crippen molar-refractivity contribution in [2.45, 2.75) is 122 Å². The fourth-order valence-corrected chi connectivity index (χ4v) is 5.70. The molecule has 1 fully saturated rings. The number of hydrogen-bond donors (Lipinski definition) is 0. The number of unbranched alkanes of at least 4 members (excludes halogenated alkanes) is 9. The molecule has 0 aromatic heterocycles. The van der Waals surface area contributed by atoms with E-state index in [0.29, 0.717) is 23.3 Å². The Bertz CT molecular complexity index is 868. The summed E-state index contributed by atoms with van der Waals surface area (Å²) in [6.45, 7) is 5.18. The van der Waals surface area contributed by atoms with Gasteiger partial charge in [0.1, 0.15) is 5.75 Å². The van der Waals surface area contributed by atoms with Crippen LogP contribution in [0.5, 0.6) is 5.75 Å². The second-order valence-electron chi connectivity index (χ2n) is 10.9. The molecule has 1 saturated carbocycles. The van der Waals surface area contributed by atoms with Crippen molar-refractivity contribution in [3.8, 4) is 16.9 Å². The quantitative estimate of drug-likeness (QED) is 0.209.